The molecular weight excluding hydrogens is 616 g/mol. The second-order valence-corrected chi connectivity index (χ2v) is 15.5. The topological polar surface area (TPSA) is 151 Å². The number of ether oxygens (including phenoxy) is 3. The SMILES string of the molecule is CC(C)(C)OC(=O)N=C(NC(=O)OC(C)(C)C)N1CCC(CN2CCC[C@H]2C(=O)N[C@H](Cc2ccccc2)NC(=O)OC(C)(C)C)CC1. The molecule has 1 aromatic rings. The lowest BCUT2D eigenvalue weighted by Gasteiger charge is -2.36. The zero-order valence-corrected chi connectivity index (χ0v) is 30.2. The van der Waals surface area contributed by atoms with E-state index in [0.29, 0.717) is 25.4 Å². The Labute approximate surface area is 285 Å². The maximum Gasteiger partial charge on any atom is 0.437 e. The van der Waals surface area contributed by atoms with Gasteiger partial charge in [0, 0.05) is 26.1 Å². The fourth-order valence-corrected chi connectivity index (χ4v) is 5.65. The number of carbonyl (C=O) groups excluding carboxylic acids is 4. The summed E-state index contributed by atoms with van der Waals surface area (Å²) >= 11 is 0. The maximum absolute atomic E-state index is 13.6. The Balaban J connectivity index is 1.63. The van der Waals surface area contributed by atoms with E-state index in [1.54, 1.807) is 62.3 Å². The Bertz CT molecular complexity index is 1270. The van der Waals surface area contributed by atoms with Gasteiger partial charge in [-0.25, -0.2) is 14.4 Å². The molecule has 1 aromatic carbocycles. The maximum atomic E-state index is 13.6. The van der Waals surface area contributed by atoms with Crippen LogP contribution < -0.4 is 16.0 Å². The number of benzene rings is 1. The van der Waals surface area contributed by atoms with Crippen LogP contribution in [0.3, 0.4) is 0 Å². The predicted molar refractivity (Wildman–Crippen MR) is 183 cm³/mol. The highest BCUT2D eigenvalue weighted by molar-refractivity contribution is 5.99. The van der Waals surface area contributed by atoms with Gasteiger partial charge >= 0.3 is 18.3 Å². The quantitative estimate of drug-likeness (QED) is 0.154. The number of aliphatic imine (C=N–C) groups is 1. The second-order valence-electron chi connectivity index (χ2n) is 15.5. The number of carbonyl (C=O) groups is 4. The Morgan fingerprint density at radius 3 is 1.96 bits per heavy atom. The van der Waals surface area contributed by atoms with Crippen LogP contribution in [0.15, 0.2) is 35.3 Å². The van der Waals surface area contributed by atoms with Crippen molar-refractivity contribution in [2.75, 3.05) is 26.2 Å². The monoisotopic (exact) mass is 672 g/mol. The molecule has 0 saturated carbocycles. The summed E-state index contributed by atoms with van der Waals surface area (Å²) < 4.78 is 16.2. The van der Waals surface area contributed by atoms with Crippen molar-refractivity contribution in [1.29, 1.82) is 0 Å². The van der Waals surface area contributed by atoms with E-state index in [2.05, 4.69) is 25.8 Å². The average Bonchev–Trinajstić information content (AvgIpc) is 3.39. The van der Waals surface area contributed by atoms with E-state index in [4.69, 9.17) is 14.2 Å². The van der Waals surface area contributed by atoms with Crippen LogP contribution in [0.25, 0.3) is 0 Å². The van der Waals surface area contributed by atoms with Crippen LogP contribution >= 0.6 is 0 Å². The van der Waals surface area contributed by atoms with Crippen molar-refractivity contribution in [3.8, 4) is 0 Å². The Hall–Kier alpha value is -3.87. The van der Waals surface area contributed by atoms with Gasteiger partial charge in [-0.1, -0.05) is 30.3 Å². The number of hydrogen-bond donors (Lipinski definition) is 3. The fourth-order valence-electron chi connectivity index (χ4n) is 5.65. The van der Waals surface area contributed by atoms with Crippen LogP contribution in [0.4, 0.5) is 14.4 Å². The molecule has 2 aliphatic rings. The highest BCUT2D eigenvalue weighted by Gasteiger charge is 2.35. The molecule has 268 valence electrons. The van der Waals surface area contributed by atoms with E-state index in [0.717, 1.165) is 44.3 Å². The molecule has 48 heavy (non-hydrogen) atoms. The minimum absolute atomic E-state index is 0.0947. The van der Waals surface area contributed by atoms with Gasteiger partial charge in [-0.05, 0) is 106 Å². The second kappa shape index (κ2) is 16.5. The molecule has 3 rings (SSSR count). The number of amides is 4. The van der Waals surface area contributed by atoms with Gasteiger partial charge in [-0.3, -0.25) is 15.0 Å². The van der Waals surface area contributed by atoms with Gasteiger partial charge in [0.2, 0.25) is 11.9 Å². The molecule has 2 aliphatic heterocycles. The predicted octanol–water partition coefficient (Wildman–Crippen LogP) is 5.19. The molecule has 0 radical (unpaired) electrons. The summed E-state index contributed by atoms with van der Waals surface area (Å²) in [7, 11) is 0. The van der Waals surface area contributed by atoms with Crippen molar-refractivity contribution in [1.82, 2.24) is 25.8 Å². The highest BCUT2D eigenvalue weighted by atomic mass is 16.6. The van der Waals surface area contributed by atoms with Gasteiger partial charge in [0.15, 0.2) is 0 Å². The Morgan fingerprint density at radius 2 is 1.38 bits per heavy atom. The van der Waals surface area contributed by atoms with Gasteiger partial charge in [-0.15, -0.1) is 4.99 Å². The molecule has 0 spiro atoms. The van der Waals surface area contributed by atoms with E-state index < -0.39 is 41.2 Å². The van der Waals surface area contributed by atoms with Gasteiger partial charge in [0.1, 0.15) is 23.0 Å². The minimum atomic E-state index is -0.798. The lowest BCUT2D eigenvalue weighted by atomic mass is 9.96. The van der Waals surface area contributed by atoms with Crippen LogP contribution in [0.1, 0.15) is 93.6 Å². The van der Waals surface area contributed by atoms with E-state index >= 15 is 0 Å². The standard InChI is InChI=1S/C35H56N6O7/c1-33(2,3)46-30(43)37-27(22-24-14-11-10-12-15-24)36-28(42)26-16-13-19-41(26)23-25-17-20-40(21-18-25)29(38-31(44)47-34(4,5)6)39-32(45)48-35(7,8)9/h10-12,14-15,25-27H,13,16-23H2,1-9H3,(H,36,42)(H,37,43)(H,38,39,44,45)/t26-,27-/m0/s1. The van der Waals surface area contributed by atoms with Crippen LogP contribution in [0, 0.1) is 5.92 Å². The number of rotatable bonds is 7. The smallest absolute Gasteiger partial charge is 0.437 e. The third kappa shape index (κ3) is 14.1. The summed E-state index contributed by atoms with van der Waals surface area (Å²) in [6, 6.07) is 9.36. The van der Waals surface area contributed by atoms with E-state index in [9.17, 15) is 19.2 Å². The summed E-state index contributed by atoms with van der Waals surface area (Å²) in [5.41, 5.74) is -1.15. The van der Waals surface area contributed by atoms with Crippen LogP contribution in [0.2, 0.25) is 0 Å². The summed E-state index contributed by atoms with van der Waals surface area (Å²) in [5, 5.41) is 8.55. The lowest BCUT2D eigenvalue weighted by molar-refractivity contribution is -0.126. The first-order chi connectivity index (χ1) is 22.3. The van der Waals surface area contributed by atoms with Crippen molar-refractivity contribution >= 4 is 30.1 Å². The first-order valence-corrected chi connectivity index (χ1v) is 16.9. The van der Waals surface area contributed by atoms with E-state index in [-0.39, 0.29) is 17.9 Å². The summed E-state index contributed by atoms with van der Waals surface area (Å²) in [5.74, 6) is 0.256. The van der Waals surface area contributed by atoms with Crippen LogP contribution in [-0.4, -0.2) is 95.1 Å². The number of nitrogens with one attached hydrogen (secondary N) is 3. The molecule has 0 bridgehead atoms. The first-order valence-electron chi connectivity index (χ1n) is 16.9. The molecular formula is C35H56N6O7. The summed E-state index contributed by atoms with van der Waals surface area (Å²) in [4.78, 5) is 59.6. The van der Waals surface area contributed by atoms with Crippen molar-refractivity contribution < 1.29 is 33.4 Å². The molecule has 2 atom stereocenters. The summed E-state index contributed by atoms with van der Waals surface area (Å²) in [6.07, 6.45) is 0.846. The molecule has 4 amide bonds. The number of likely N-dealkylation sites (tertiary alicyclic amines) is 2. The molecule has 0 unspecified atom stereocenters. The molecule has 2 saturated heterocycles. The van der Waals surface area contributed by atoms with Gasteiger partial charge in [-0.2, -0.15) is 0 Å². The highest BCUT2D eigenvalue weighted by Crippen LogP contribution is 2.25. The van der Waals surface area contributed by atoms with Gasteiger partial charge < -0.3 is 29.7 Å². The number of guanidine groups is 1. The number of nitrogens with zero attached hydrogens (tertiary/aromatic N) is 3. The molecule has 13 nitrogen and oxygen atoms in total. The van der Waals surface area contributed by atoms with Gasteiger partial charge in [0.05, 0.1) is 6.04 Å². The average molecular weight is 673 g/mol. The molecule has 3 N–H and O–H groups in total. The number of piperidine rings is 1. The van der Waals surface area contributed by atoms with Gasteiger partial charge in [0.25, 0.3) is 0 Å². The van der Waals surface area contributed by atoms with Crippen LogP contribution in [0.5, 0.6) is 0 Å². The third-order valence-electron chi connectivity index (χ3n) is 7.57. The third-order valence-corrected chi connectivity index (χ3v) is 7.57. The number of hydrogen-bond acceptors (Lipinski definition) is 8. The Kier molecular flexibility index (Phi) is 13.3. The molecule has 2 heterocycles. The van der Waals surface area contributed by atoms with Crippen molar-refractivity contribution in [3.05, 3.63) is 35.9 Å². The molecule has 2 fully saturated rings. The normalized spacial score (nSPS) is 18.9. The van der Waals surface area contributed by atoms with E-state index in [1.165, 1.54) is 0 Å². The zero-order valence-electron chi connectivity index (χ0n) is 30.2. The lowest BCUT2D eigenvalue weighted by Crippen LogP contribution is -2.55. The molecule has 0 aromatic heterocycles. The number of alkyl carbamates (subject to hydrolysis) is 2. The summed E-state index contributed by atoms with van der Waals surface area (Å²) in [6.45, 7) is 18.5. The molecule has 0 aliphatic carbocycles. The Morgan fingerprint density at radius 1 is 0.792 bits per heavy atom. The van der Waals surface area contributed by atoms with Crippen molar-refractivity contribution in [3.63, 3.8) is 0 Å². The van der Waals surface area contributed by atoms with Crippen LogP contribution in [-0.2, 0) is 25.4 Å². The zero-order chi connectivity index (χ0) is 35.7. The molecule has 13 heteroatoms. The van der Waals surface area contributed by atoms with Crippen molar-refractivity contribution in [2.24, 2.45) is 10.9 Å². The van der Waals surface area contributed by atoms with E-state index in [1.807, 2.05) is 35.2 Å². The van der Waals surface area contributed by atoms with Crippen molar-refractivity contribution in [2.45, 2.75) is 123 Å². The minimum Gasteiger partial charge on any atom is -0.444 e. The first kappa shape index (κ1) is 38.6. The fraction of sp³-hybridized carbons (Fsp3) is 0.686. The largest absolute Gasteiger partial charge is 0.444 e.